The molecule has 0 saturated carbocycles. The van der Waals surface area contributed by atoms with Gasteiger partial charge in [-0.3, -0.25) is 0 Å². The summed E-state index contributed by atoms with van der Waals surface area (Å²) in [6.07, 6.45) is 0. The third-order valence-electron chi connectivity index (χ3n) is 18.2. The van der Waals surface area contributed by atoms with Crippen LogP contribution in [0.4, 0.5) is 34.1 Å². The van der Waals surface area contributed by atoms with Crippen molar-refractivity contribution in [2.24, 2.45) is 0 Å². The van der Waals surface area contributed by atoms with Crippen molar-refractivity contribution in [1.82, 2.24) is 0 Å². The van der Waals surface area contributed by atoms with Crippen LogP contribution in [0.3, 0.4) is 0 Å². The van der Waals surface area contributed by atoms with Crippen molar-refractivity contribution in [2.45, 2.75) is 5.41 Å². The molecule has 0 fully saturated rings. The van der Waals surface area contributed by atoms with Gasteiger partial charge in [0.1, 0.15) is 11.2 Å². The summed E-state index contributed by atoms with van der Waals surface area (Å²) in [7, 11) is 0. The summed E-state index contributed by atoms with van der Waals surface area (Å²) in [5, 5.41) is 9.04. The minimum absolute atomic E-state index is 0.612. The summed E-state index contributed by atoms with van der Waals surface area (Å²) in [4.78, 5) is 4.77. The Balaban J connectivity index is 0.852. The first kappa shape index (κ1) is 47.4. The molecule has 0 amide bonds. The van der Waals surface area contributed by atoms with Crippen LogP contribution in [0, 0.1) is 0 Å². The predicted molar refractivity (Wildman–Crippen MR) is 353 cm³/mol. The normalized spacial score (nSPS) is 12.8. The number of nitrogens with zero attached hydrogens (tertiary/aromatic N) is 2. The fourth-order valence-corrected chi connectivity index (χ4v) is 14.5. The van der Waals surface area contributed by atoms with Gasteiger partial charge in [0.15, 0.2) is 11.2 Å². The maximum Gasteiger partial charge on any atom is 0.159 e. The standard InChI is InChI=1S/C81H50N2O2/c1-3-19-51(20-4-1)53-23-15-25-59(43-53)82(75-35-17-31-67-65-29-9-13-37-77(65)84-79(67)75)61-41-39-55-47-69-70-48-56-40-42-62(46-58(56)50-74(70)81(73(69)49-57(55)45-61)71-33-11-7-27-63(71)64-28-8-12-34-72(64)81)83(60-26-16-24-54(44-60)52-21-5-2-6-22-52)76-36-18-32-68-66-30-10-14-38-78(66)85-80(68)76/h1-50H. The quantitative estimate of drug-likeness (QED) is 0.152. The molecule has 0 bridgehead atoms. The molecule has 396 valence electrons. The van der Waals surface area contributed by atoms with E-state index in [0.29, 0.717) is 0 Å². The van der Waals surface area contributed by atoms with E-state index >= 15 is 0 Å². The number of fused-ring (bicyclic) bond motifs is 18. The van der Waals surface area contributed by atoms with Crippen molar-refractivity contribution in [1.29, 1.82) is 0 Å². The second-order valence-electron chi connectivity index (χ2n) is 22.7. The van der Waals surface area contributed by atoms with Gasteiger partial charge in [0.25, 0.3) is 0 Å². The third-order valence-corrected chi connectivity index (χ3v) is 18.2. The highest BCUT2D eigenvalue weighted by Crippen LogP contribution is 2.64. The molecule has 2 aromatic heterocycles. The summed E-state index contributed by atoms with van der Waals surface area (Å²) in [6.45, 7) is 0. The SMILES string of the molecule is c1ccc(-c2cccc(N(c3ccc4cc5c(cc4c3)C3(c4ccccc4-c4ccccc43)c3cc4cc(N(c6cccc(-c7ccccc7)c6)c6cccc7c6oc6ccccc67)ccc4cc3-5)c3cccc4c3oc3ccccc34)c2)cc1. The third kappa shape index (κ3) is 7.09. The van der Waals surface area contributed by atoms with Gasteiger partial charge < -0.3 is 18.6 Å². The van der Waals surface area contributed by atoms with Gasteiger partial charge in [-0.1, -0.05) is 206 Å². The predicted octanol–water partition coefficient (Wildman–Crippen LogP) is 22.4. The van der Waals surface area contributed by atoms with Crippen molar-refractivity contribution in [3.05, 3.63) is 326 Å². The molecule has 16 aromatic rings. The highest BCUT2D eigenvalue weighted by Gasteiger charge is 2.52. The molecule has 1 spiro atoms. The van der Waals surface area contributed by atoms with Gasteiger partial charge in [0, 0.05) is 44.3 Å². The van der Waals surface area contributed by atoms with Crippen LogP contribution in [-0.2, 0) is 5.41 Å². The van der Waals surface area contributed by atoms with E-state index in [0.717, 1.165) is 111 Å². The Hall–Kier alpha value is -11.2. The Bertz CT molecular complexity index is 5060. The fraction of sp³-hybridized carbons (Fsp3) is 0.0123. The molecule has 4 heteroatoms. The molecule has 0 saturated heterocycles. The minimum Gasteiger partial charge on any atom is -0.454 e. The number of benzene rings is 14. The smallest absolute Gasteiger partial charge is 0.159 e. The number of hydrogen-bond donors (Lipinski definition) is 0. The Kier molecular flexibility index (Phi) is 10.3. The van der Waals surface area contributed by atoms with Crippen LogP contribution >= 0.6 is 0 Å². The van der Waals surface area contributed by atoms with Crippen molar-refractivity contribution in [3.63, 3.8) is 0 Å². The van der Waals surface area contributed by atoms with Crippen LogP contribution in [0.15, 0.2) is 312 Å². The van der Waals surface area contributed by atoms with Crippen LogP contribution in [0.5, 0.6) is 0 Å². The number of para-hydroxylation sites is 4. The molecule has 0 aliphatic heterocycles. The van der Waals surface area contributed by atoms with Crippen molar-refractivity contribution in [2.75, 3.05) is 9.80 Å². The number of rotatable bonds is 8. The maximum absolute atomic E-state index is 6.84. The van der Waals surface area contributed by atoms with Crippen LogP contribution < -0.4 is 9.80 Å². The van der Waals surface area contributed by atoms with E-state index in [1.165, 1.54) is 55.3 Å². The zero-order chi connectivity index (χ0) is 55.7. The lowest BCUT2D eigenvalue weighted by molar-refractivity contribution is 0.668. The summed E-state index contributed by atoms with van der Waals surface area (Å²) >= 11 is 0. The molecule has 0 radical (unpaired) electrons. The largest absolute Gasteiger partial charge is 0.454 e. The monoisotopic (exact) mass is 1080 g/mol. The average Bonchev–Trinajstić information content (AvgIpc) is 1.57. The average molecular weight is 1080 g/mol. The summed E-state index contributed by atoms with van der Waals surface area (Å²) < 4.78 is 13.7. The van der Waals surface area contributed by atoms with E-state index in [-0.39, 0.29) is 0 Å². The molecular weight excluding hydrogens is 1030 g/mol. The molecule has 14 aromatic carbocycles. The van der Waals surface area contributed by atoms with Gasteiger partial charge in [-0.25, -0.2) is 0 Å². The first-order valence-electron chi connectivity index (χ1n) is 29.2. The van der Waals surface area contributed by atoms with E-state index in [1.807, 2.05) is 12.1 Å². The van der Waals surface area contributed by atoms with Gasteiger partial charge >= 0.3 is 0 Å². The maximum atomic E-state index is 6.84. The van der Waals surface area contributed by atoms with Gasteiger partial charge in [-0.05, 0) is 185 Å². The van der Waals surface area contributed by atoms with E-state index in [2.05, 4.69) is 301 Å². The summed E-state index contributed by atoms with van der Waals surface area (Å²) in [5.74, 6) is 0. The molecule has 18 rings (SSSR count). The molecular formula is C81H50N2O2. The first-order chi connectivity index (χ1) is 42.1. The van der Waals surface area contributed by atoms with Crippen LogP contribution in [0.2, 0.25) is 0 Å². The lowest BCUT2D eigenvalue weighted by atomic mass is 9.70. The topological polar surface area (TPSA) is 32.8 Å². The second kappa shape index (κ2) is 18.4. The Morgan fingerprint density at radius 3 is 1.11 bits per heavy atom. The molecule has 4 nitrogen and oxygen atoms in total. The van der Waals surface area contributed by atoms with Crippen LogP contribution in [0.1, 0.15) is 22.3 Å². The fourth-order valence-electron chi connectivity index (χ4n) is 14.5. The Labute approximate surface area is 490 Å². The van der Waals surface area contributed by atoms with Gasteiger partial charge in [0.05, 0.1) is 16.8 Å². The van der Waals surface area contributed by atoms with Gasteiger partial charge in [0.2, 0.25) is 0 Å². The number of anilines is 6. The molecule has 2 aliphatic rings. The molecule has 0 unspecified atom stereocenters. The van der Waals surface area contributed by atoms with Crippen LogP contribution in [-0.4, -0.2) is 0 Å². The van der Waals surface area contributed by atoms with Crippen LogP contribution in [0.25, 0.3) is 110 Å². The van der Waals surface area contributed by atoms with E-state index in [4.69, 9.17) is 8.83 Å². The number of furan rings is 2. The zero-order valence-corrected chi connectivity index (χ0v) is 46.1. The van der Waals surface area contributed by atoms with Crippen molar-refractivity contribution >= 4 is 99.5 Å². The molecule has 0 N–H and O–H groups in total. The zero-order valence-electron chi connectivity index (χ0n) is 46.1. The summed E-state index contributed by atoms with van der Waals surface area (Å²) in [6, 6.07) is 111. The molecule has 2 heterocycles. The van der Waals surface area contributed by atoms with E-state index in [9.17, 15) is 0 Å². The van der Waals surface area contributed by atoms with Gasteiger partial charge in [-0.15, -0.1) is 0 Å². The van der Waals surface area contributed by atoms with Gasteiger partial charge in [-0.2, -0.15) is 0 Å². The molecule has 2 aliphatic carbocycles. The number of hydrogen-bond acceptors (Lipinski definition) is 4. The highest BCUT2D eigenvalue weighted by molar-refractivity contribution is 6.13. The Morgan fingerprint density at radius 2 is 0.624 bits per heavy atom. The highest BCUT2D eigenvalue weighted by atomic mass is 16.3. The summed E-state index contributed by atoms with van der Waals surface area (Å²) in [5.41, 5.74) is 23.8. The minimum atomic E-state index is -0.612. The molecule has 85 heavy (non-hydrogen) atoms. The lowest BCUT2D eigenvalue weighted by Crippen LogP contribution is -2.25. The van der Waals surface area contributed by atoms with E-state index in [1.54, 1.807) is 0 Å². The first-order valence-corrected chi connectivity index (χ1v) is 29.2. The van der Waals surface area contributed by atoms with Crippen molar-refractivity contribution in [3.8, 4) is 44.5 Å². The Morgan fingerprint density at radius 1 is 0.235 bits per heavy atom. The van der Waals surface area contributed by atoms with E-state index < -0.39 is 5.41 Å². The second-order valence-corrected chi connectivity index (χ2v) is 22.7. The van der Waals surface area contributed by atoms with Crippen molar-refractivity contribution < 1.29 is 8.83 Å². The lowest BCUT2D eigenvalue weighted by Gasteiger charge is -2.31. The molecule has 0 atom stereocenters.